The highest BCUT2D eigenvalue weighted by Gasteiger charge is 2.08. The van der Waals surface area contributed by atoms with Crippen LogP contribution in [0.5, 0.6) is 0 Å². The number of thiophene rings is 1. The van der Waals surface area contributed by atoms with Crippen LogP contribution in [0, 0.1) is 6.92 Å². The lowest BCUT2D eigenvalue weighted by atomic mass is 10.0. The molecule has 2 aromatic rings. The lowest BCUT2D eigenvalue weighted by molar-refractivity contribution is -0.254. The van der Waals surface area contributed by atoms with E-state index in [0.717, 1.165) is 22.4 Å². The first kappa shape index (κ1) is 13.1. The summed E-state index contributed by atoms with van der Waals surface area (Å²) >= 11 is 7.09. The lowest BCUT2D eigenvalue weighted by Gasteiger charge is -2.05. The van der Waals surface area contributed by atoms with Crippen molar-refractivity contribution in [1.29, 1.82) is 0 Å². The molecule has 0 saturated carbocycles. The predicted molar refractivity (Wildman–Crippen MR) is 72.2 cm³/mol. The third-order valence-electron chi connectivity index (χ3n) is 2.71. The number of halogens is 1. The topological polar surface area (TPSA) is 40.1 Å². The van der Waals surface area contributed by atoms with Crippen LogP contribution in [0.25, 0.3) is 0 Å². The maximum atomic E-state index is 11.0. The van der Waals surface area contributed by atoms with Crippen molar-refractivity contribution in [2.24, 2.45) is 0 Å². The number of carbonyl (C=O) groups excluding carboxylic acids is 1. The van der Waals surface area contributed by atoms with Gasteiger partial charge in [0.05, 0.1) is 10.8 Å². The molecule has 2 rings (SSSR count). The summed E-state index contributed by atoms with van der Waals surface area (Å²) in [5.41, 5.74) is 2.00. The largest absolute Gasteiger partial charge is 0.544 e. The van der Waals surface area contributed by atoms with Crippen LogP contribution >= 0.6 is 22.9 Å². The van der Waals surface area contributed by atoms with Gasteiger partial charge in [0, 0.05) is 9.90 Å². The molecule has 0 aliphatic heterocycles. The number of aryl methyl sites for hydroxylation is 3. The molecule has 0 atom stereocenters. The Morgan fingerprint density at radius 1 is 1.28 bits per heavy atom. The molecule has 0 bridgehead atoms. The minimum atomic E-state index is -1.08. The number of hydrogen-bond acceptors (Lipinski definition) is 3. The Morgan fingerprint density at radius 3 is 2.56 bits per heavy atom. The first-order chi connectivity index (χ1) is 8.56. The Labute approximate surface area is 115 Å². The molecule has 4 heteroatoms. The van der Waals surface area contributed by atoms with Crippen molar-refractivity contribution in [3.05, 3.63) is 56.2 Å². The highest BCUT2D eigenvalue weighted by Crippen LogP contribution is 2.23. The van der Waals surface area contributed by atoms with Gasteiger partial charge in [-0.2, -0.15) is 0 Å². The van der Waals surface area contributed by atoms with Crippen LogP contribution in [0.15, 0.2) is 30.3 Å². The molecule has 1 heterocycles. The van der Waals surface area contributed by atoms with Gasteiger partial charge in [0.15, 0.2) is 0 Å². The smallest absolute Gasteiger partial charge is 0.0818 e. The zero-order valence-electron chi connectivity index (χ0n) is 9.90. The minimum absolute atomic E-state index is 0.349. The van der Waals surface area contributed by atoms with Crippen LogP contribution in [0.3, 0.4) is 0 Å². The van der Waals surface area contributed by atoms with Gasteiger partial charge < -0.3 is 9.90 Å². The van der Waals surface area contributed by atoms with E-state index >= 15 is 0 Å². The number of rotatable bonds is 4. The van der Waals surface area contributed by atoms with E-state index in [2.05, 4.69) is 0 Å². The van der Waals surface area contributed by atoms with Crippen LogP contribution < -0.4 is 5.11 Å². The van der Waals surface area contributed by atoms with Gasteiger partial charge in [0.25, 0.3) is 0 Å². The van der Waals surface area contributed by atoms with E-state index in [1.54, 1.807) is 0 Å². The van der Waals surface area contributed by atoms with Crippen LogP contribution in [-0.4, -0.2) is 5.97 Å². The number of aromatic carboxylic acids is 1. The fourth-order valence-electron chi connectivity index (χ4n) is 1.86. The number of carbonyl (C=O) groups is 1. The molecule has 0 unspecified atom stereocenters. The van der Waals surface area contributed by atoms with Crippen molar-refractivity contribution in [3.8, 4) is 0 Å². The van der Waals surface area contributed by atoms with Crippen LogP contribution in [0.4, 0.5) is 0 Å². The molecule has 2 nitrogen and oxygen atoms in total. The molecular weight excluding hydrogens is 268 g/mol. The molecule has 0 aliphatic carbocycles. The Kier molecular flexibility index (Phi) is 4.04. The Morgan fingerprint density at radius 2 is 1.94 bits per heavy atom. The van der Waals surface area contributed by atoms with Crippen molar-refractivity contribution < 1.29 is 9.90 Å². The Hall–Kier alpha value is -1.32. The van der Waals surface area contributed by atoms with Gasteiger partial charge in [0.2, 0.25) is 0 Å². The summed E-state index contributed by atoms with van der Waals surface area (Å²) in [5.74, 6) is -1.08. The zero-order chi connectivity index (χ0) is 13.1. The molecule has 0 spiro atoms. The monoisotopic (exact) mass is 279 g/mol. The average Bonchev–Trinajstić information content (AvgIpc) is 2.70. The number of benzene rings is 1. The normalized spacial score (nSPS) is 10.6. The summed E-state index contributed by atoms with van der Waals surface area (Å²) in [4.78, 5) is 12.3. The standard InChI is InChI=1S/C14H13ClO2S/c1-9-8-11(13(18-9)14(16)17)5-2-10-3-6-12(15)7-4-10/h3-4,6-8H,2,5H2,1H3,(H,16,17)/p-1. The number of hydrogen-bond donors (Lipinski definition) is 0. The van der Waals surface area contributed by atoms with Gasteiger partial charge in [-0.05, 0) is 49.1 Å². The fraction of sp³-hybridized carbons (Fsp3) is 0.214. The summed E-state index contributed by atoms with van der Waals surface area (Å²) < 4.78 is 0. The molecule has 1 aromatic heterocycles. The van der Waals surface area contributed by atoms with Crippen LogP contribution in [-0.2, 0) is 12.8 Å². The Balaban J connectivity index is 2.10. The first-order valence-electron chi connectivity index (χ1n) is 5.61. The van der Waals surface area contributed by atoms with Crippen molar-refractivity contribution in [1.82, 2.24) is 0 Å². The van der Waals surface area contributed by atoms with Gasteiger partial charge >= 0.3 is 0 Å². The maximum Gasteiger partial charge on any atom is 0.0818 e. The first-order valence-corrected chi connectivity index (χ1v) is 6.81. The van der Waals surface area contributed by atoms with Crippen molar-refractivity contribution in [2.45, 2.75) is 19.8 Å². The third kappa shape index (κ3) is 3.12. The van der Waals surface area contributed by atoms with Crippen LogP contribution in [0.1, 0.15) is 25.7 Å². The number of carboxylic acid groups (broad SMARTS) is 1. The summed E-state index contributed by atoms with van der Waals surface area (Å²) in [5, 5.41) is 11.7. The third-order valence-corrected chi connectivity index (χ3v) is 4.04. The van der Waals surface area contributed by atoms with Gasteiger partial charge in [-0.1, -0.05) is 23.7 Å². The molecule has 0 fully saturated rings. The summed E-state index contributed by atoms with van der Waals surface area (Å²) in [6.45, 7) is 1.91. The fourth-order valence-corrected chi connectivity index (χ4v) is 2.88. The summed E-state index contributed by atoms with van der Waals surface area (Å²) in [7, 11) is 0. The second kappa shape index (κ2) is 5.55. The van der Waals surface area contributed by atoms with E-state index in [9.17, 15) is 9.90 Å². The molecule has 0 N–H and O–H groups in total. The molecule has 94 valence electrons. The SMILES string of the molecule is Cc1cc(CCc2ccc(Cl)cc2)c(C(=O)[O-])s1. The number of carboxylic acids is 1. The van der Waals surface area contributed by atoms with Gasteiger partial charge in [-0.3, -0.25) is 0 Å². The summed E-state index contributed by atoms with van der Waals surface area (Å²) in [6, 6.07) is 9.52. The highest BCUT2D eigenvalue weighted by atomic mass is 35.5. The summed E-state index contributed by atoms with van der Waals surface area (Å²) in [6.07, 6.45) is 1.50. The van der Waals surface area contributed by atoms with Gasteiger partial charge in [-0.25, -0.2) is 0 Å². The highest BCUT2D eigenvalue weighted by molar-refractivity contribution is 7.14. The molecule has 0 amide bonds. The molecule has 0 saturated heterocycles. The lowest BCUT2D eigenvalue weighted by Crippen LogP contribution is -2.22. The molecule has 1 aromatic carbocycles. The molecular formula is C14H12ClO2S-. The quantitative estimate of drug-likeness (QED) is 0.863. The minimum Gasteiger partial charge on any atom is -0.544 e. The molecule has 0 aliphatic rings. The van der Waals surface area contributed by atoms with E-state index in [4.69, 9.17) is 11.6 Å². The van der Waals surface area contributed by atoms with Gasteiger partial charge in [0.1, 0.15) is 0 Å². The van der Waals surface area contributed by atoms with E-state index in [-0.39, 0.29) is 0 Å². The van der Waals surface area contributed by atoms with Gasteiger partial charge in [-0.15, -0.1) is 11.3 Å². The molecule has 0 radical (unpaired) electrons. The zero-order valence-corrected chi connectivity index (χ0v) is 11.5. The van der Waals surface area contributed by atoms with Crippen molar-refractivity contribution in [3.63, 3.8) is 0 Å². The predicted octanol–water partition coefficient (Wildman–Crippen LogP) is 2.86. The van der Waals surface area contributed by atoms with E-state index in [1.165, 1.54) is 11.3 Å². The Bertz CT molecular complexity index is 558. The second-order valence-electron chi connectivity index (χ2n) is 4.13. The average molecular weight is 280 g/mol. The molecule has 18 heavy (non-hydrogen) atoms. The van der Waals surface area contributed by atoms with E-state index < -0.39 is 5.97 Å². The van der Waals surface area contributed by atoms with Crippen molar-refractivity contribution >= 4 is 28.9 Å². The maximum absolute atomic E-state index is 11.0. The van der Waals surface area contributed by atoms with Crippen LogP contribution in [0.2, 0.25) is 5.02 Å². The van der Waals surface area contributed by atoms with Crippen molar-refractivity contribution in [2.75, 3.05) is 0 Å². The van der Waals surface area contributed by atoms with E-state index in [1.807, 2.05) is 37.3 Å². The van der Waals surface area contributed by atoms with E-state index in [0.29, 0.717) is 16.3 Å². The second-order valence-corrected chi connectivity index (χ2v) is 5.82.